The second-order valence-corrected chi connectivity index (χ2v) is 8.23. The van der Waals surface area contributed by atoms with Crippen molar-refractivity contribution >= 4 is 50.7 Å². The van der Waals surface area contributed by atoms with Crippen LogP contribution >= 0.6 is 34.4 Å². The van der Waals surface area contributed by atoms with E-state index in [4.69, 9.17) is 4.42 Å². The number of fused-ring (bicyclic) bond motifs is 1. The molecule has 0 bridgehead atoms. The molecule has 0 aliphatic rings. The second kappa shape index (κ2) is 7.33. The minimum Gasteiger partial charge on any atom is -0.440 e. The third-order valence-corrected chi connectivity index (χ3v) is 6.23. The highest BCUT2D eigenvalue weighted by atomic mass is 32.2. The Morgan fingerprint density at radius 3 is 2.96 bits per heavy atom. The molecule has 0 saturated heterocycles. The summed E-state index contributed by atoms with van der Waals surface area (Å²) in [4.78, 5) is 5.84. The number of rotatable bonds is 7. The summed E-state index contributed by atoms with van der Waals surface area (Å²) in [5, 5.41) is 14.7. The molecule has 0 spiro atoms. The van der Waals surface area contributed by atoms with Crippen molar-refractivity contribution in [1.29, 1.82) is 0 Å². The molecule has 1 N–H and O–H groups in total. The highest BCUT2D eigenvalue weighted by molar-refractivity contribution is 8.00. The molecule has 3 heterocycles. The highest BCUT2D eigenvalue weighted by Gasteiger charge is 2.09. The largest absolute Gasteiger partial charge is 0.440 e. The molecule has 5 nitrogen and oxygen atoms in total. The average molecular weight is 375 g/mol. The van der Waals surface area contributed by atoms with Crippen LogP contribution in [0, 0.1) is 0 Å². The summed E-state index contributed by atoms with van der Waals surface area (Å²) in [6.07, 6.45) is 1.00. The Morgan fingerprint density at radius 1 is 1.12 bits per heavy atom. The van der Waals surface area contributed by atoms with Gasteiger partial charge in [0.1, 0.15) is 5.52 Å². The summed E-state index contributed by atoms with van der Waals surface area (Å²) in [7, 11) is 0. The van der Waals surface area contributed by atoms with Gasteiger partial charge in [0.15, 0.2) is 9.92 Å². The molecule has 24 heavy (non-hydrogen) atoms. The van der Waals surface area contributed by atoms with Gasteiger partial charge in [-0.25, -0.2) is 4.98 Å². The first kappa shape index (κ1) is 15.6. The van der Waals surface area contributed by atoms with Crippen LogP contribution in [-0.2, 0) is 12.2 Å². The van der Waals surface area contributed by atoms with Crippen molar-refractivity contribution in [3.8, 4) is 0 Å². The lowest BCUT2D eigenvalue weighted by Gasteiger charge is -1.98. The predicted molar refractivity (Wildman–Crippen MR) is 100.0 cm³/mol. The number of hydrogen-bond donors (Lipinski definition) is 1. The van der Waals surface area contributed by atoms with Gasteiger partial charge in [-0.2, -0.15) is 0 Å². The van der Waals surface area contributed by atoms with Crippen molar-refractivity contribution in [3.63, 3.8) is 0 Å². The number of thiophene rings is 1. The van der Waals surface area contributed by atoms with Crippen molar-refractivity contribution in [2.24, 2.45) is 0 Å². The summed E-state index contributed by atoms with van der Waals surface area (Å²) in [5.74, 6) is 1.36. The summed E-state index contributed by atoms with van der Waals surface area (Å²) < 4.78 is 6.63. The molecule has 4 rings (SSSR count). The Hall–Kier alpha value is -1.90. The fraction of sp³-hybridized carbons (Fsp3) is 0.188. The van der Waals surface area contributed by atoms with Gasteiger partial charge in [-0.1, -0.05) is 41.3 Å². The first-order valence-electron chi connectivity index (χ1n) is 7.44. The van der Waals surface area contributed by atoms with Gasteiger partial charge in [-0.05, 0) is 30.0 Å². The van der Waals surface area contributed by atoms with E-state index in [1.807, 2.05) is 24.3 Å². The molecule has 1 aromatic carbocycles. The molecule has 0 atom stereocenters. The summed E-state index contributed by atoms with van der Waals surface area (Å²) >= 11 is 4.93. The van der Waals surface area contributed by atoms with E-state index in [0.29, 0.717) is 11.6 Å². The zero-order valence-corrected chi connectivity index (χ0v) is 15.1. The molecule has 4 aromatic rings. The quantitative estimate of drug-likeness (QED) is 0.474. The first-order valence-corrected chi connectivity index (χ1v) is 10.1. The summed E-state index contributed by atoms with van der Waals surface area (Å²) in [6, 6.07) is 12.0. The smallest absolute Gasteiger partial charge is 0.206 e. The fourth-order valence-corrected chi connectivity index (χ4v) is 4.52. The third-order valence-electron chi connectivity index (χ3n) is 3.29. The maximum atomic E-state index is 5.71. The molecule has 0 aliphatic heterocycles. The van der Waals surface area contributed by atoms with E-state index < -0.39 is 0 Å². The van der Waals surface area contributed by atoms with Gasteiger partial charge >= 0.3 is 0 Å². The highest BCUT2D eigenvalue weighted by Crippen LogP contribution is 2.29. The van der Waals surface area contributed by atoms with Crippen molar-refractivity contribution < 1.29 is 4.42 Å². The van der Waals surface area contributed by atoms with Crippen molar-refractivity contribution in [2.75, 3.05) is 11.9 Å². The Labute approximate surface area is 151 Å². The van der Waals surface area contributed by atoms with E-state index in [2.05, 4.69) is 38.0 Å². The Bertz CT molecular complexity index is 883. The van der Waals surface area contributed by atoms with E-state index in [1.165, 1.54) is 4.88 Å². The molecule has 0 radical (unpaired) electrons. The van der Waals surface area contributed by atoms with Crippen molar-refractivity contribution in [3.05, 3.63) is 52.5 Å². The number of thioether (sulfide) groups is 1. The molecule has 0 fully saturated rings. The van der Waals surface area contributed by atoms with Gasteiger partial charge in [0.05, 0.1) is 5.75 Å². The normalized spacial score (nSPS) is 11.2. The van der Waals surface area contributed by atoms with Crippen LogP contribution in [0.1, 0.15) is 10.8 Å². The Kier molecular flexibility index (Phi) is 4.77. The van der Waals surface area contributed by atoms with Crippen LogP contribution in [0.4, 0.5) is 5.13 Å². The van der Waals surface area contributed by atoms with E-state index in [1.54, 1.807) is 34.4 Å². The fourth-order valence-electron chi connectivity index (χ4n) is 2.19. The topological polar surface area (TPSA) is 63.8 Å². The van der Waals surface area contributed by atoms with Gasteiger partial charge in [-0.3, -0.25) is 0 Å². The Balaban J connectivity index is 1.30. The Morgan fingerprint density at radius 2 is 2.08 bits per heavy atom. The third kappa shape index (κ3) is 3.77. The predicted octanol–water partition coefficient (Wildman–Crippen LogP) is 4.69. The summed E-state index contributed by atoms with van der Waals surface area (Å²) in [5.41, 5.74) is 1.71. The van der Waals surface area contributed by atoms with Gasteiger partial charge in [0, 0.05) is 11.4 Å². The number of oxazole rings is 1. The van der Waals surface area contributed by atoms with Crippen molar-refractivity contribution in [2.45, 2.75) is 16.5 Å². The molecule has 122 valence electrons. The molecule has 3 aromatic heterocycles. The number of hydrogen-bond acceptors (Lipinski definition) is 8. The molecule has 0 unspecified atom stereocenters. The standard InChI is InChI=1S/C16H14N4OS3/c1-2-6-13-12(5-1)18-14(21-13)10-23-16-20-19-15(24-16)17-8-7-11-4-3-9-22-11/h1-6,9H,7-8,10H2,(H,17,19). The van der Waals surface area contributed by atoms with Gasteiger partial charge in [0.25, 0.3) is 0 Å². The average Bonchev–Trinajstić information content (AvgIpc) is 3.33. The SMILES string of the molecule is c1csc(CCNc2nnc(SCc3nc4ccccc4o3)s2)c1. The maximum absolute atomic E-state index is 5.71. The number of para-hydroxylation sites is 2. The molecule has 0 aliphatic carbocycles. The van der Waals surface area contributed by atoms with E-state index in [9.17, 15) is 0 Å². The minimum absolute atomic E-state index is 0.651. The van der Waals surface area contributed by atoms with Gasteiger partial charge in [-0.15, -0.1) is 21.5 Å². The lowest BCUT2D eigenvalue weighted by Crippen LogP contribution is -2.03. The van der Waals surface area contributed by atoms with Crippen LogP contribution in [0.25, 0.3) is 11.1 Å². The van der Waals surface area contributed by atoms with Crippen LogP contribution in [-0.4, -0.2) is 21.7 Å². The first-order chi connectivity index (χ1) is 11.9. The van der Waals surface area contributed by atoms with Gasteiger partial charge < -0.3 is 9.73 Å². The van der Waals surface area contributed by atoms with Crippen LogP contribution in [0.5, 0.6) is 0 Å². The van der Waals surface area contributed by atoms with E-state index in [-0.39, 0.29) is 0 Å². The molecular formula is C16H14N4OS3. The number of nitrogens with zero attached hydrogens (tertiary/aromatic N) is 3. The zero-order chi connectivity index (χ0) is 16.2. The van der Waals surface area contributed by atoms with Crippen LogP contribution < -0.4 is 5.32 Å². The lowest BCUT2D eigenvalue weighted by molar-refractivity contribution is 0.556. The number of aromatic nitrogens is 3. The summed E-state index contributed by atoms with van der Waals surface area (Å²) in [6.45, 7) is 0.866. The van der Waals surface area contributed by atoms with Crippen LogP contribution in [0.3, 0.4) is 0 Å². The minimum atomic E-state index is 0.651. The second-order valence-electron chi connectivity index (χ2n) is 4.99. The van der Waals surface area contributed by atoms with Crippen molar-refractivity contribution in [1.82, 2.24) is 15.2 Å². The molecule has 0 saturated carbocycles. The number of benzene rings is 1. The number of nitrogens with one attached hydrogen (secondary N) is 1. The number of anilines is 1. The zero-order valence-electron chi connectivity index (χ0n) is 12.6. The monoisotopic (exact) mass is 374 g/mol. The van der Waals surface area contributed by atoms with E-state index in [0.717, 1.165) is 33.5 Å². The molecule has 8 heteroatoms. The molecule has 0 amide bonds. The van der Waals surface area contributed by atoms with Crippen LogP contribution in [0.15, 0.2) is 50.5 Å². The lowest BCUT2D eigenvalue weighted by atomic mass is 10.3. The van der Waals surface area contributed by atoms with Crippen LogP contribution in [0.2, 0.25) is 0 Å². The van der Waals surface area contributed by atoms with Gasteiger partial charge in [0.2, 0.25) is 11.0 Å². The maximum Gasteiger partial charge on any atom is 0.206 e. The van der Waals surface area contributed by atoms with E-state index >= 15 is 0 Å². The molecular weight excluding hydrogens is 360 g/mol.